The van der Waals surface area contributed by atoms with Crippen molar-refractivity contribution >= 4 is 75.8 Å². The van der Waals surface area contributed by atoms with Gasteiger partial charge in [-0.3, -0.25) is 0 Å². The van der Waals surface area contributed by atoms with E-state index in [1.54, 1.807) is 0 Å². The second-order valence-corrected chi connectivity index (χ2v) is 13.9. The van der Waals surface area contributed by atoms with Crippen LogP contribution in [0.25, 0.3) is 29.6 Å². The van der Waals surface area contributed by atoms with E-state index in [-0.39, 0.29) is 0 Å². The number of thiophene rings is 2. The summed E-state index contributed by atoms with van der Waals surface area (Å²) in [7, 11) is 0. The first kappa shape index (κ1) is 26.4. The van der Waals surface area contributed by atoms with E-state index < -0.39 is 0 Å². The fourth-order valence-corrected chi connectivity index (χ4v) is 9.32. The smallest absolute Gasteiger partial charge is 0.0542 e. The van der Waals surface area contributed by atoms with E-state index in [0.29, 0.717) is 0 Å². The predicted molar refractivity (Wildman–Crippen MR) is 163 cm³/mol. The molecule has 2 aromatic heterocycles. The molecule has 34 heavy (non-hydrogen) atoms. The molecule has 0 aliphatic carbocycles. The maximum absolute atomic E-state index is 2.44. The lowest BCUT2D eigenvalue weighted by Gasteiger charge is -2.03. The summed E-state index contributed by atoms with van der Waals surface area (Å²) in [6.45, 7) is 4.58. The topological polar surface area (TPSA) is 0 Å². The Morgan fingerprint density at radius 1 is 0.529 bits per heavy atom. The molecule has 0 aliphatic rings. The lowest BCUT2D eigenvalue weighted by atomic mass is 10.1. The molecule has 0 saturated carbocycles. The predicted octanol–water partition coefficient (Wildman–Crippen LogP) is 12.2. The lowest BCUT2D eigenvalue weighted by Crippen LogP contribution is -1.82. The molecule has 2 aromatic carbocycles. The molecule has 0 atom stereocenters. The summed E-state index contributed by atoms with van der Waals surface area (Å²) < 4.78 is 5.89. The molecule has 4 heteroatoms. The number of hydrogen-bond acceptors (Lipinski definition) is 4. The molecule has 0 bridgehead atoms. The van der Waals surface area contributed by atoms with Gasteiger partial charge in [0.2, 0.25) is 0 Å². The second-order valence-electron chi connectivity index (χ2n) is 9.41. The van der Waals surface area contributed by atoms with Crippen molar-refractivity contribution < 1.29 is 0 Å². The summed E-state index contributed by atoms with van der Waals surface area (Å²) >= 11 is 8.06. The van der Waals surface area contributed by atoms with E-state index in [4.69, 9.17) is 0 Å². The van der Waals surface area contributed by atoms with Gasteiger partial charge in [-0.15, -0.1) is 46.2 Å². The zero-order chi connectivity index (χ0) is 23.6. The minimum atomic E-state index is 1.25. The molecular weight excluding hydrogens is 489 g/mol. The molecule has 0 unspecified atom stereocenters. The third-order valence-corrected chi connectivity index (χ3v) is 11.2. The van der Waals surface area contributed by atoms with Gasteiger partial charge in [0.25, 0.3) is 0 Å². The molecule has 0 radical (unpaired) electrons. The lowest BCUT2D eigenvalue weighted by molar-refractivity contribution is 0.627. The largest absolute Gasteiger partial charge is 0.134 e. The fraction of sp³-hybridized carbons (Fsp3) is 0.533. The van der Waals surface area contributed by atoms with Crippen molar-refractivity contribution in [3.63, 3.8) is 0 Å². The Labute approximate surface area is 223 Å². The van der Waals surface area contributed by atoms with Gasteiger partial charge in [0.15, 0.2) is 0 Å². The highest BCUT2D eigenvalue weighted by atomic mass is 32.2. The van der Waals surface area contributed by atoms with Gasteiger partial charge in [0, 0.05) is 30.0 Å². The fourth-order valence-electron chi connectivity index (χ4n) is 4.54. The molecule has 0 nitrogen and oxygen atoms in total. The van der Waals surface area contributed by atoms with Crippen LogP contribution in [0.15, 0.2) is 46.2 Å². The van der Waals surface area contributed by atoms with E-state index in [9.17, 15) is 0 Å². The summed E-state index contributed by atoms with van der Waals surface area (Å²) in [5.41, 5.74) is 0. The zero-order valence-corrected chi connectivity index (χ0v) is 24.3. The third kappa shape index (κ3) is 7.18. The highest BCUT2D eigenvalue weighted by Gasteiger charge is 2.13. The Bertz CT molecular complexity index is 1060. The van der Waals surface area contributed by atoms with E-state index in [1.807, 2.05) is 46.2 Å². The van der Waals surface area contributed by atoms with Gasteiger partial charge < -0.3 is 0 Å². The van der Waals surface area contributed by atoms with Crippen LogP contribution in [0, 0.1) is 0 Å². The summed E-state index contributed by atoms with van der Waals surface area (Å²) in [6.07, 6.45) is 16.5. The van der Waals surface area contributed by atoms with Crippen LogP contribution in [-0.4, -0.2) is 11.5 Å². The Morgan fingerprint density at radius 2 is 0.941 bits per heavy atom. The number of fused-ring (bicyclic) bond motifs is 5. The van der Waals surface area contributed by atoms with Crippen molar-refractivity contribution in [2.24, 2.45) is 0 Å². The van der Waals surface area contributed by atoms with Gasteiger partial charge >= 0.3 is 0 Å². The average molecular weight is 529 g/mol. The number of rotatable bonds is 16. The first-order valence-electron chi connectivity index (χ1n) is 13.4. The van der Waals surface area contributed by atoms with Gasteiger partial charge in [-0.2, -0.15) is 0 Å². The molecule has 0 N–H and O–H groups in total. The standard InChI is InChI=1S/C30H40S4/c1-3-5-7-9-11-13-19-31-23-15-17-25-27(21-23)33-30-26-18-16-24(22-28(26)34-29(25)30)32-20-14-12-10-8-6-4-2/h15-18,21-22H,3-14,19-20H2,1-2H3. The van der Waals surface area contributed by atoms with Gasteiger partial charge in [0.05, 0.1) is 9.40 Å². The average Bonchev–Trinajstić information content (AvgIpc) is 3.38. The summed E-state index contributed by atoms with van der Waals surface area (Å²) in [6, 6.07) is 14.3. The van der Waals surface area contributed by atoms with Crippen molar-refractivity contribution in [1.29, 1.82) is 0 Å². The second kappa shape index (κ2) is 14.2. The third-order valence-electron chi connectivity index (χ3n) is 6.56. The Morgan fingerprint density at radius 3 is 1.38 bits per heavy atom. The van der Waals surface area contributed by atoms with Crippen molar-refractivity contribution in [2.75, 3.05) is 11.5 Å². The first-order valence-corrected chi connectivity index (χ1v) is 17.0. The first-order chi connectivity index (χ1) is 16.8. The van der Waals surface area contributed by atoms with Crippen LogP contribution >= 0.6 is 46.2 Å². The van der Waals surface area contributed by atoms with E-state index in [0.717, 1.165) is 0 Å². The minimum absolute atomic E-state index is 1.25. The Hall–Kier alpha value is -0.680. The normalized spacial score (nSPS) is 11.9. The van der Waals surface area contributed by atoms with Crippen molar-refractivity contribution in [1.82, 2.24) is 0 Å². The SMILES string of the molecule is CCCCCCCCSc1ccc2c(c1)sc1c3ccc(SCCCCCCCC)cc3sc21. The number of benzene rings is 2. The van der Waals surface area contributed by atoms with Crippen LogP contribution in [0.2, 0.25) is 0 Å². The molecule has 0 spiro atoms. The van der Waals surface area contributed by atoms with Crippen LogP contribution < -0.4 is 0 Å². The van der Waals surface area contributed by atoms with Gasteiger partial charge in [-0.05, 0) is 48.6 Å². The monoisotopic (exact) mass is 528 g/mol. The van der Waals surface area contributed by atoms with Gasteiger partial charge in [-0.25, -0.2) is 0 Å². The highest BCUT2D eigenvalue weighted by Crippen LogP contribution is 2.45. The minimum Gasteiger partial charge on any atom is -0.134 e. The summed E-state index contributed by atoms with van der Waals surface area (Å²) in [4.78, 5) is 2.88. The molecule has 0 aliphatic heterocycles. The number of thioether (sulfide) groups is 2. The highest BCUT2D eigenvalue weighted by molar-refractivity contribution is 7.99. The molecule has 0 fully saturated rings. The van der Waals surface area contributed by atoms with Gasteiger partial charge in [0.1, 0.15) is 0 Å². The van der Waals surface area contributed by atoms with Crippen LogP contribution in [0.1, 0.15) is 90.9 Å². The number of hydrogen-bond donors (Lipinski definition) is 0. The summed E-state index contributed by atoms with van der Waals surface area (Å²) in [5, 5.41) is 2.90. The van der Waals surface area contributed by atoms with Crippen LogP contribution in [0.4, 0.5) is 0 Å². The van der Waals surface area contributed by atoms with E-state index in [1.165, 1.54) is 128 Å². The Balaban J connectivity index is 1.34. The van der Waals surface area contributed by atoms with E-state index in [2.05, 4.69) is 50.2 Å². The molecule has 4 aromatic rings. The van der Waals surface area contributed by atoms with Crippen LogP contribution in [0.3, 0.4) is 0 Å². The maximum atomic E-state index is 2.44. The van der Waals surface area contributed by atoms with Crippen molar-refractivity contribution in [2.45, 2.75) is 101 Å². The molecule has 184 valence electrons. The molecule has 0 amide bonds. The van der Waals surface area contributed by atoms with E-state index >= 15 is 0 Å². The van der Waals surface area contributed by atoms with Crippen LogP contribution in [-0.2, 0) is 0 Å². The number of unbranched alkanes of at least 4 members (excludes halogenated alkanes) is 10. The zero-order valence-electron chi connectivity index (χ0n) is 21.0. The molecule has 2 heterocycles. The Kier molecular flexibility index (Phi) is 11.0. The van der Waals surface area contributed by atoms with Crippen molar-refractivity contribution in [3.05, 3.63) is 36.4 Å². The molecular formula is C30H40S4. The molecule has 4 rings (SSSR count). The van der Waals surface area contributed by atoms with Gasteiger partial charge in [-0.1, -0.05) is 90.2 Å². The summed E-state index contributed by atoms with van der Waals surface area (Å²) in [5.74, 6) is 2.50. The molecule has 0 saturated heterocycles. The maximum Gasteiger partial charge on any atom is 0.0542 e. The quantitative estimate of drug-likeness (QED) is 0.105. The van der Waals surface area contributed by atoms with Crippen LogP contribution in [0.5, 0.6) is 0 Å². The van der Waals surface area contributed by atoms with Crippen molar-refractivity contribution in [3.8, 4) is 0 Å².